The predicted octanol–water partition coefficient (Wildman–Crippen LogP) is 4.98. The van der Waals surface area contributed by atoms with Crippen LogP contribution in [-0.4, -0.2) is 12.4 Å². The molecular formula is C11H13Cl3OS. The lowest BCUT2D eigenvalue weighted by atomic mass is 10.1. The molecule has 0 N–H and O–H groups in total. The Labute approximate surface area is 116 Å². The van der Waals surface area contributed by atoms with Gasteiger partial charge in [-0.05, 0) is 24.3 Å². The molecule has 1 nitrogen and oxygen atoms in total. The Morgan fingerprint density at radius 1 is 1.25 bits per heavy atom. The first-order chi connectivity index (χ1) is 7.58. The average Bonchev–Trinajstić information content (AvgIpc) is 2.22. The molecule has 0 amide bonds. The van der Waals surface area contributed by atoms with E-state index in [2.05, 4.69) is 19.6 Å². The van der Waals surface area contributed by atoms with Gasteiger partial charge in [-0.2, -0.15) is 12.6 Å². The van der Waals surface area contributed by atoms with Crippen molar-refractivity contribution >= 4 is 47.4 Å². The van der Waals surface area contributed by atoms with Gasteiger partial charge in [-0.1, -0.05) is 41.7 Å². The minimum atomic E-state index is 0.395. The summed E-state index contributed by atoms with van der Waals surface area (Å²) in [4.78, 5) is 0. The second-order valence-corrected chi connectivity index (χ2v) is 5.08. The van der Waals surface area contributed by atoms with E-state index < -0.39 is 0 Å². The van der Waals surface area contributed by atoms with Gasteiger partial charge in [0.25, 0.3) is 0 Å². The number of hydrogen-bond donors (Lipinski definition) is 1. The number of hydrogen-bond acceptors (Lipinski definition) is 2. The highest BCUT2D eigenvalue weighted by Crippen LogP contribution is 2.36. The molecule has 0 aliphatic carbocycles. The van der Waals surface area contributed by atoms with Crippen LogP contribution in [-0.2, 0) is 0 Å². The van der Waals surface area contributed by atoms with Crippen molar-refractivity contribution in [2.24, 2.45) is 5.92 Å². The molecule has 1 rings (SSSR count). The van der Waals surface area contributed by atoms with Crippen LogP contribution in [0.1, 0.15) is 13.3 Å². The molecule has 0 bridgehead atoms. The molecule has 1 aromatic rings. The first kappa shape index (κ1) is 14.3. The number of thiol groups is 1. The van der Waals surface area contributed by atoms with E-state index in [1.807, 2.05) is 0 Å². The molecule has 5 heteroatoms. The molecule has 0 saturated carbocycles. The summed E-state index contributed by atoms with van der Waals surface area (Å²) >= 11 is 22.0. The summed E-state index contributed by atoms with van der Waals surface area (Å²) < 4.78 is 5.60. The third-order valence-corrected chi connectivity index (χ3v) is 3.56. The van der Waals surface area contributed by atoms with E-state index in [-0.39, 0.29) is 0 Å². The summed E-state index contributed by atoms with van der Waals surface area (Å²) in [5, 5.41) is 1.38. The third-order valence-electron chi connectivity index (χ3n) is 2.26. The van der Waals surface area contributed by atoms with Crippen LogP contribution < -0.4 is 4.74 Å². The average molecular weight is 300 g/mol. The first-order valence-electron chi connectivity index (χ1n) is 4.96. The van der Waals surface area contributed by atoms with Crippen LogP contribution in [0.5, 0.6) is 5.75 Å². The quantitative estimate of drug-likeness (QED) is 0.754. The lowest BCUT2D eigenvalue weighted by Crippen LogP contribution is -2.13. The van der Waals surface area contributed by atoms with E-state index in [4.69, 9.17) is 39.5 Å². The van der Waals surface area contributed by atoms with Crippen molar-refractivity contribution < 1.29 is 4.74 Å². The highest BCUT2D eigenvalue weighted by atomic mass is 35.5. The fourth-order valence-electron chi connectivity index (χ4n) is 1.17. The number of ether oxygens (including phenoxy) is 1. The van der Waals surface area contributed by atoms with Gasteiger partial charge in [0, 0.05) is 10.9 Å². The van der Waals surface area contributed by atoms with E-state index in [9.17, 15) is 0 Å². The van der Waals surface area contributed by atoms with Crippen molar-refractivity contribution in [2.75, 3.05) is 12.4 Å². The molecule has 90 valence electrons. The van der Waals surface area contributed by atoms with Crippen LogP contribution in [0.4, 0.5) is 0 Å². The molecule has 1 atom stereocenters. The molecule has 0 aromatic heterocycles. The SMILES string of the molecule is CCC(CS)COc1c(Cl)cc(Cl)cc1Cl. The molecule has 0 heterocycles. The van der Waals surface area contributed by atoms with Crippen LogP contribution in [0, 0.1) is 5.92 Å². The van der Waals surface area contributed by atoms with E-state index in [1.54, 1.807) is 12.1 Å². The topological polar surface area (TPSA) is 9.23 Å². The Morgan fingerprint density at radius 2 is 1.81 bits per heavy atom. The van der Waals surface area contributed by atoms with Gasteiger partial charge in [0.1, 0.15) is 0 Å². The zero-order valence-electron chi connectivity index (χ0n) is 8.84. The number of benzene rings is 1. The van der Waals surface area contributed by atoms with Crippen molar-refractivity contribution in [3.05, 3.63) is 27.2 Å². The molecule has 1 unspecified atom stereocenters. The monoisotopic (exact) mass is 298 g/mol. The summed E-state index contributed by atoms with van der Waals surface area (Å²) in [5.74, 6) is 1.67. The number of rotatable bonds is 5. The van der Waals surface area contributed by atoms with Crippen LogP contribution in [0.15, 0.2) is 12.1 Å². The van der Waals surface area contributed by atoms with Gasteiger partial charge in [0.15, 0.2) is 5.75 Å². The summed E-state index contributed by atoms with van der Waals surface area (Å²) in [5.41, 5.74) is 0. The van der Waals surface area contributed by atoms with Crippen molar-refractivity contribution in [3.8, 4) is 5.75 Å². The largest absolute Gasteiger partial charge is 0.490 e. The Hall–Kier alpha value is 0.240. The minimum Gasteiger partial charge on any atom is -0.490 e. The van der Waals surface area contributed by atoms with Crippen molar-refractivity contribution in [2.45, 2.75) is 13.3 Å². The molecule has 0 saturated heterocycles. The van der Waals surface area contributed by atoms with Crippen molar-refractivity contribution in [1.82, 2.24) is 0 Å². The fraction of sp³-hybridized carbons (Fsp3) is 0.455. The number of halogens is 3. The molecule has 1 aromatic carbocycles. The Morgan fingerprint density at radius 3 is 2.25 bits per heavy atom. The molecule has 0 aliphatic heterocycles. The summed E-state index contributed by atoms with van der Waals surface area (Å²) in [6, 6.07) is 3.23. The predicted molar refractivity (Wildman–Crippen MR) is 74.6 cm³/mol. The van der Waals surface area contributed by atoms with Gasteiger partial charge in [0.2, 0.25) is 0 Å². The Kier molecular flexibility index (Phi) is 6.12. The smallest absolute Gasteiger partial charge is 0.156 e. The summed E-state index contributed by atoms with van der Waals surface area (Å²) in [6.07, 6.45) is 1.01. The molecule has 0 aliphatic rings. The van der Waals surface area contributed by atoms with Gasteiger partial charge in [-0.25, -0.2) is 0 Å². The lowest BCUT2D eigenvalue weighted by Gasteiger charge is -2.15. The molecule has 0 spiro atoms. The second kappa shape index (κ2) is 6.85. The van der Waals surface area contributed by atoms with Gasteiger partial charge in [-0.15, -0.1) is 0 Å². The lowest BCUT2D eigenvalue weighted by molar-refractivity contribution is 0.260. The van der Waals surface area contributed by atoms with Gasteiger partial charge in [0.05, 0.1) is 16.7 Å². The minimum absolute atomic E-state index is 0.395. The standard InChI is InChI=1S/C11H13Cl3OS/c1-2-7(6-16)5-15-11-9(13)3-8(12)4-10(11)14/h3-4,7,16H,2,5-6H2,1H3. The van der Waals surface area contributed by atoms with E-state index in [0.717, 1.165) is 12.2 Å². The van der Waals surface area contributed by atoms with Gasteiger partial charge < -0.3 is 4.74 Å². The fourth-order valence-corrected chi connectivity index (χ4v) is 2.46. The summed E-state index contributed by atoms with van der Waals surface area (Å²) in [6.45, 7) is 2.65. The first-order valence-corrected chi connectivity index (χ1v) is 6.73. The molecule has 0 fully saturated rings. The van der Waals surface area contributed by atoms with E-state index in [0.29, 0.717) is 33.3 Å². The van der Waals surface area contributed by atoms with Crippen molar-refractivity contribution in [1.29, 1.82) is 0 Å². The molecular weight excluding hydrogens is 287 g/mol. The maximum Gasteiger partial charge on any atom is 0.156 e. The van der Waals surface area contributed by atoms with Crippen molar-refractivity contribution in [3.63, 3.8) is 0 Å². The van der Waals surface area contributed by atoms with Crippen LogP contribution in [0.25, 0.3) is 0 Å². The Balaban J connectivity index is 2.74. The van der Waals surface area contributed by atoms with Gasteiger partial charge in [-0.3, -0.25) is 0 Å². The maximum absolute atomic E-state index is 5.99. The highest BCUT2D eigenvalue weighted by molar-refractivity contribution is 7.80. The third kappa shape index (κ3) is 3.92. The zero-order valence-corrected chi connectivity index (χ0v) is 12.0. The summed E-state index contributed by atoms with van der Waals surface area (Å²) in [7, 11) is 0. The van der Waals surface area contributed by atoms with Gasteiger partial charge >= 0.3 is 0 Å². The molecule has 0 radical (unpaired) electrons. The second-order valence-electron chi connectivity index (χ2n) is 3.47. The van der Waals surface area contributed by atoms with E-state index >= 15 is 0 Å². The van der Waals surface area contributed by atoms with Crippen LogP contribution in [0.2, 0.25) is 15.1 Å². The zero-order chi connectivity index (χ0) is 12.1. The van der Waals surface area contributed by atoms with Crippen LogP contribution >= 0.6 is 47.4 Å². The molecule has 16 heavy (non-hydrogen) atoms. The van der Waals surface area contributed by atoms with Crippen LogP contribution in [0.3, 0.4) is 0 Å². The van der Waals surface area contributed by atoms with E-state index in [1.165, 1.54) is 0 Å². The Bertz CT molecular complexity index is 330. The maximum atomic E-state index is 5.99. The highest BCUT2D eigenvalue weighted by Gasteiger charge is 2.11. The normalized spacial score (nSPS) is 12.6.